The van der Waals surface area contributed by atoms with Crippen molar-refractivity contribution in [2.24, 2.45) is 0 Å². The van der Waals surface area contributed by atoms with Gasteiger partial charge in [0, 0.05) is 0 Å². The predicted octanol–water partition coefficient (Wildman–Crippen LogP) is 4.97. The van der Waals surface area contributed by atoms with Crippen LogP contribution in [0.1, 0.15) is 53.4 Å². The van der Waals surface area contributed by atoms with E-state index in [4.69, 9.17) is 0 Å². The lowest BCUT2D eigenvalue weighted by atomic mass is 10.1. The first-order chi connectivity index (χ1) is 7.10. The van der Waals surface area contributed by atoms with E-state index in [0.717, 1.165) is 0 Å². The summed E-state index contributed by atoms with van der Waals surface area (Å²) in [6.45, 7) is 11.7. The third-order valence-corrected chi connectivity index (χ3v) is 5.46. The molecule has 0 nitrogen and oxygen atoms in total. The van der Waals surface area contributed by atoms with Crippen LogP contribution in [-0.2, 0) is 0 Å². The van der Waals surface area contributed by atoms with Gasteiger partial charge in [-0.05, 0) is 55.0 Å². The number of rotatable bonds is 8. The van der Waals surface area contributed by atoms with Gasteiger partial charge in [0.05, 0.1) is 0 Å². The molecule has 3 heteroatoms. The van der Waals surface area contributed by atoms with Crippen LogP contribution in [0, 0.1) is 0 Å². The molecule has 0 aliphatic heterocycles. The molecule has 0 spiro atoms. The molecule has 2 atom stereocenters. The Morgan fingerprint density at radius 3 is 1.38 bits per heavy atom. The number of hydrogen-bond donors (Lipinski definition) is 0. The molecular weight excluding hydrogens is 249 g/mol. The molecule has 0 aliphatic rings. The van der Waals surface area contributed by atoms with Crippen molar-refractivity contribution in [3.05, 3.63) is 0 Å². The SMILES string of the molecule is CP(CCCC(C)(C)P)CCCC(C)(C)P. The summed E-state index contributed by atoms with van der Waals surface area (Å²) in [5.74, 6) is 0. The molecule has 0 saturated heterocycles. The zero-order chi connectivity index (χ0) is 12.8. The van der Waals surface area contributed by atoms with Gasteiger partial charge < -0.3 is 0 Å². The van der Waals surface area contributed by atoms with Crippen LogP contribution in [0.15, 0.2) is 0 Å². The van der Waals surface area contributed by atoms with Gasteiger partial charge in [-0.2, -0.15) is 0 Å². The second-order valence-corrected chi connectivity index (χ2v) is 12.2. The minimum Gasteiger partial charge on any atom is -0.132 e. The molecule has 0 radical (unpaired) electrons. The molecule has 0 rings (SSSR count). The largest absolute Gasteiger partial charge is 0.132 e. The van der Waals surface area contributed by atoms with Crippen LogP contribution in [0.3, 0.4) is 0 Å². The van der Waals surface area contributed by atoms with Crippen LogP contribution in [0.2, 0.25) is 0 Å². The van der Waals surface area contributed by atoms with Gasteiger partial charge >= 0.3 is 0 Å². The van der Waals surface area contributed by atoms with Crippen LogP contribution in [0.5, 0.6) is 0 Å². The highest BCUT2D eigenvalue weighted by molar-refractivity contribution is 7.56. The summed E-state index contributed by atoms with van der Waals surface area (Å²) in [7, 11) is 6.20. The van der Waals surface area contributed by atoms with Crippen LogP contribution in [0.25, 0.3) is 0 Å². The highest BCUT2D eigenvalue weighted by Crippen LogP contribution is 2.36. The van der Waals surface area contributed by atoms with Crippen molar-refractivity contribution in [2.45, 2.75) is 63.7 Å². The normalized spacial score (nSPS) is 13.5. The highest BCUT2D eigenvalue weighted by Gasteiger charge is 2.12. The average molecular weight is 280 g/mol. The summed E-state index contributed by atoms with van der Waals surface area (Å²) in [6.07, 6.45) is 8.43. The van der Waals surface area contributed by atoms with Gasteiger partial charge in [0.1, 0.15) is 0 Å². The van der Waals surface area contributed by atoms with Crippen LogP contribution in [-0.4, -0.2) is 29.3 Å². The Morgan fingerprint density at radius 1 is 0.812 bits per heavy atom. The van der Waals surface area contributed by atoms with E-state index in [2.05, 4.69) is 52.8 Å². The second kappa shape index (κ2) is 7.67. The molecule has 16 heavy (non-hydrogen) atoms. The summed E-state index contributed by atoms with van der Waals surface area (Å²) >= 11 is 0. The van der Waals surface area contributed by atoms with E-state index in [1.54, 1.807) is 0 Å². The van der Waals surface area contributed by atoms with Crippen molar-refractivity contribution in [2.75, 3.05) is 19.0 Å². The topological polar surface area (TPSA) is 0 Å². The van der Waals surface area contributed by atoms with Gasteiger partial charge in [-0.25, -0.2) is 0 Å². The average Bonchev–Trinajstić information content (AvgIpc) is 1.98. The maximum Gasteiger partial charge on any atom is -0.0206 e. The van der Waals surface area contributed by atoms with E-state index >= 15 is 0 Å². The van der Waals surface area contributed by atoms with E-state index in [-0.39, 0.29) is 0 Å². The molecule has 0 aromatic carbocycles. The number of hydrogen-bond acceptors (Lipinski definition) is 0. The Hall–Kier alpha value is 1.29. The molecule has 0 heterocycles. The van der Waals surface area contributed by atoms with Crippen LogP contribution in [0.4, 0.5) is 0 Å². The first-order valence-electron chi connectivity index (χ1n) is 6.36. The monoisotopic (exact) mass is 280 g/mol. The fraction of sp³-hybridized carbons (Fsp3) is 1.00. The molecule has 0 aromatic heterocycles. The first kappa shape index (κ1) is 17.3. The summed E-state index contributed by atoms with van der Waals surface area (Å²) in [5.41, 5.74) is 0. The van der Waals surface area contributed by atoms with E-state index in [0.29, 0.717) is 18.2 Å². The quantitative estimate of drug-likeness (QED) is 0.551. The first-order valence-corrected chi connectivity index (χ1v) is 9.68. The van der Waals surface area contributed by atoms with Crippen molar-refractivity contribution in [1.29, 1.82) is 0 Å². The molecule has 0 N–H and O–H groups in total. The van der Waals surface area contributed by atoms with Crippen LogP contribution >= 0.6 is 26.4 Å². The van der Waals surface area contributed by atoms with Crippen molar-refractivity contribution in [1.82, 2.24) is 0 Å². The third-order valence-electron chi connectivity index (χ3n) is 2.72. The molecular formula is C13H31P3. The maximum atomic E-state index is 2.95. The second-order valence-electron chi connectivity index (χ2n) is 6.49. The maximum absolute atomic E-state index is 2.95. The lowest BCUT2D eigenvalue weighted by Crippen LogP contribution is -2.10. The van der Waals surface area contributed by atoms with Crippen LogP contribution < -0.4 is 0 Å². The van der Waals surface area contributed by atoms with Gasteiger partial charge in [0.25, 0.3) is 0 Å². The highest BCUT2D eigenvalue weighted by atomic mass is 31.1. The molecule has 2 unspecified atom stereocenters. The Balaban J connectivity index is 3.49. The smallest absolute Gasteiger partial charge is 0.0206 e. The summed E-state index contributed by atoms with van der Waals surface area (Å²) in [6, 6.07) is 0. The lowest BCUT2D eigenvalue weighted by Gasteiger charge is -2.21. The molecule has 0 aromatic rings. The Labute approximate surface area is 109 Å². The fourth-order valence-electron chi connectivity index (χ4n) is 1.72. The third kappa shape index (κ3) is 13.4. The lowest BCUT2D eigenvalue weighted by molar-refractivity contribution is 0.623. The summed E-state index contributed by atoms with van der Waals surface area (Å²) in [5, 5.41) is 0.885. The minimum absolute atomic E-state index is 0.295. The standard InChI is InChI=1S/C13H31P3/c1-12(2,14)8-6-10-16(5)11-7-9-13(3,4)15/h6-11,14-15H2,1-5H3. The van der Waals surface area contributed by atoms with Crippen molar-refractivity contribution in [3.63, 3.8) is 0 Å². The van der Waals surface area contributed by atoms with Crippen molar-refractivity contribution >= 4 is 26.4 Å². The minimum atomic E-state index is 0.295. The van der Waals surface area contributed by atoms with E-state index < -0.39 is 0 Å². The Bertz CT molecular complexity index is 157. The summed E-state index contributed by atoms with van der Waals surface area (Å²) in [4.78, 5) is 0. The van der Waals surface area contributed by atoms with Gasteiger partial charge in [0.15, 0.2) is 0 Å². The van der Waals surface area contributed by atoms with Gasteiger partial charge in [-0.1, -0.05) is 27.7 Å². The van der Waals surface area contributed by atoms with E-state index in [1.165, 1.54) is 38.0 Å². The van der Waals surface area contributed by atoms with Gasteiger partial charge in [-0.15, -0.1) is 26.4 Å². The zero-order valence-electron chi connectivity index (χ0n) is 11.8. The molecule has 0 fully saturated rings. The molecule has 0 amide bonds. The molecule has 98 valence electrons. The fourth-order valence-corrected chi connectivity index (χ4v) is 3.75. The van der Waals surface area contributed by atoms with E-state index in [1.807, 2.05) is 0 Å². The predicted molar refractivity (Wildman–Crippen MR) is 88.6 cm³/mol. The molecule has 0 bridgehead atoms. The zero-order valence-corrected chi connectivity index (χ0v) is 15.0. The Morgan fingerprint density at radius 2 is 1.12 bits per heavy atom. The molecule has 0 saturated carbocycles. The van der Waals surface area contributed by atoms with Crippen molar-refractivity contribution < 1.29 is 0 Å². The van der Waals surface area contributed by atoms with E-state index in [9.17, 15) is 0 Å². The van der Waals surface area contributed by atoms with Gasteiger partial charge in [0.2, 0.25) is 0 Å². The molecule has 0 aliphatic carbocycles. The van der Waals surface area contributed by atoms with Crippen molar-refractivity contribution in [3.8, 4) is 0 Å². The summed E-state index contributed by atoms with van der Waals surface area (Å²) < 4.78 is 0. The van der Waals surface area contributed by atoms with Gasteiger partial charge in [-0.3, -0.25) is 0 Å². The Kier molecular flexibility index (Phi) is 8.28.